The molecule has 0 saturated carbocycles. The maximum atomic E-state index is 12.7. The average molecular weight is 423 g/mol. The first-order valence-electron chi connectivity index (χ1n) is 8.89. The molecule has 0 radical (unpaired) electrons. The van der Waals surface area contributed by atoms with E-state index >= 15 is 0 Å². The highest BCUT2D eigenvalue weighted by molar-refractivity contribution is 7.89. The van der Waals surface area contributed by atoms with Crippen molar-refractivity contribution in [2.45, 2.75) is 11.8 Å². The molecule has 8 nitrogen and oxygen atoms in total. The summed E-state index contributed by atoms with van der Waals surface area (Å²) in [4.78, 5) is 25.0. The third-order valence-electron chi connectivity index (χ3n) is 4.56. The molecule has 2 aromatic carbocycles. The zero-order valence-electron chi connectivity index (χ0n) is 15.8. The lowest BCUT2D eigenvalue weighted by Gasteiger charge is -2.14. The molecule has 2 amide bonds. The molecule has 1 saturated heterocycles. The van der Waals surface area contributed by atoms with Crippen molar-refractivity contribution in [2.75, 3.05) is 5.01 Å². The minimum atomic E-state index is -3.78. The fraction of sp³-hybridized carbons (Fsp3) is 0.0476. The van der Waals surface area contributed by atoms with Gasteiger partial charge < -0.3 is 4.42 Å². The van der Waals surface area contributed by atoms with E-state index in [2.05, 4.69) is 5.43 Å². The van der Waals surface area contributed by atoms with Crippen molar-refractivity contribution >= 4 is 33.6 Å². The van der Waals surface area contributed by atoms with Crippen LogP contribution in [0.15, 0.2) is 75.5 Å². The Balaban J connectivity index is 1.58. The van der Waals surface area contributed by atoms with Crippen LogP contribution in [0, 0.1) is 6.92 Å². The van der Waals surface area contributed by atoms with Gasteiger partial charge in [0.15, 0.2) is 0 Å². The monoisotopic (exact) mass is 423 g/mol. The summed E-state index contributed by atoms with van der Waals surface area (Å²) in [5.41, 5.74) is 4.69. The lowest BCUT2D eigenvalue weighted by atomic mass is 10.2. The van der Waals surface area contributed by atoms with Crippen LogP contribution in [0.5, 0.6) is 0 Å². The standard InChI is InChI=1S/C21H17N3O5S/c1-13-2-6-15(7-3-13)24-21(26)18(20(25)23-24)12-16-8-11-19(29-16)14-4-9-17(10-5-14)30(22,27)28/h2-12H,1H3,(H,23,25)(H2,22,27,28)/b18-12+. The van der Waals surface area contributed by atoms with Crippen LogP contribution in [0.4, 0.5) is 5.69 Å². The van der Waals surface area contributed by atoms with E-state index in [-0.39, 0.29) is 10.5 Å². The minimum absolute atomic E-state index is 0.00966. The summed E-state index contributed by atoms with van der Waals surface area (Å²) < 4.78 is 28.4. The van der Waals surface area contributed by atoms with Crippen molar-refractivity contribution in [3.05, 3.63) is 77.6 Å². The maximum absolute atomic E-state index is 12.7. The van der Waals surface area contributed by atoms with E-state index in [4.69, 9.17) is 9.56 Å². The number of anilines is 1. The van der Waals surface area contributed by atoms with Gasteiger partial charge in [-0.3, -0.25) is 15.0 Å². The normalized spacial score (nSPS) is 15.7. The number of amides is 2. The van der Waals surface area contributed by atoms with Gasteiger partial charge in [0.05, 0.1) is 10.6 Å². The highest BCUT2D eigenvalue weighted by Crippen LogP contribution is 2.26. The first-order valence-corrected chi connectivity index (χ1v) is 10.4. The number of hydrazine groups is 1. The summed E-state index contributed by atoms with van der Waals surface area (Å²) in [5.74, 6) is -0.260. The van der Waals surface area contributed by atoms with E-state index in [0.717, 1.165) is 5.56 Å². The van der Waals surface area contributed by atoms with E-state index in [1.165, 1.54) is 23.2 Å². The quantitative estimate of drug-likeness (QED) is 0.493. The summed E-state index contributed by atoms with van der Waals surface area (Å²) >= 11 is 0. The van der Waals surface area contributed by atoms with Gasteiger partial charge in [-0.2, -0.15) is 0 Å². The molecular weight excluding hydrogens is 406 g/mol. The van der Waals surface area contributed by atoms with Crippen LogP contribution in [-0.2, 0) is 19.6 Å². The number of sulfonamides is 1. The Labute approximate surface area is 172 Å². The molecule has 0 spiro atoms. The van der Waals surface area contributed by atoms with Crippen molar-refractivity contribution in [3.8, 4) is 11.3 Å². The number of nitrogens with one attached hydrogen (secondary N) is 1. The number of rotatable bonds is 4. The molecule has 0 atom stereocenters. The van der Waals surface area contributed by atoms with Gasteiger partial charge in [0.25, 0.3) is 11.8 Å². The molecule has 0 unspecified atom stereocenters. The molecule has 1 aliphatic rings. The number of nitrogens with zero attached hydrogens (tertiary/aromatic N) is 1. The second-order valence-electron chi connectivity index (χ2n) is 6.75. The van der Waals surface area contributed by atoms with Crippen molar-refractivity contribution in [1.29, 1.82) is 0 Å². The topological polar surface area (TPSA) is 123 Å². The maximum Gasteiger partial charge on any atom is 0.282 e. The SMILES string of the molecule is Cc1ccc(N2NC(=O)/C(=C\c3ccc(-c4ccc(S(N)(=O)=O)cc4)o3)C2=O)cc1. The average Bonchev–Trinajstić information content (AvgIpc) is 3.28. The third kappa shape index (κ3) is 3.76. The van der Waals surface area contributed by atoms with Gasteiger partial charge in [-0.1, -0.05) is 17.7 Å². The van der Waals surface area contributed by atoms with Crippen LogP contribution in [0.1, 0.15) is 11.3 Å². The lowest BCUT2D eigenvalue weighted by molar-refractivity contribution is -0.117. The zero-order chi connectivity index (χ0) is 21.5. The van der Waals surface area contributed by atoms with Crippen LogP contribution in [0.25, 0.3) is 17.4 Å². The van der Waals surface area contributed by atoms with Crippen LogP contribution < -0.4 is 15.6 Å². The third-order valence-corrected chi connectivity index (χ3v) is 5.49. The number of furan rings is 1. The molecule has 1 aliphatic heterocycles. The van der Waals surface area contributed by atoms with Crippen molar-refractivity contribution < 1.29 is 22.4 Å². The Kier molecular flexibility index (Phi) is 4.76. The Morgan fingerprint density at radius 1 is 0.967 bits per heavy atom. The van der Waals surface area contributed by atoms with E-state index < -0.39 is 21.8 Å². The molecule has 1 aromatic heterocycles. The van der Waals surface area contributed by atoms with Gasteiger partial charge in [-0.15, -0.1) is 0 Å². The minimum Gasteiger partial charge on any atom is -0.457 e. The number of nitrogens with two attached hydrogens (primary N) is 1. The fourth-order valence-electron chi connectivity index (χ4n) is 2.97. The fourth-order valence-corrected chi connectivity index (χ4v) is 3.49. The zero-order valence-corrected chi connectivity index (χ0v) is 16.6. The molecule has 4 rings (SSSR count). The van der Waals surface area contributed by atoms with Crippen LogP contribution in [-0.4, -0.2) is 20.2 Å². The van der Waals surface area contributed by atoms with Gasteiger partial charge in [-0.05, 0) is 61.5 Å². The number of hydrogen-bond acceptors (Lipinski definition) is 5. The predicted octanol–water partition coefficient (Wildman–Crippen LogP) is 2.36. The first kappa shape index (κ1) is 19.6. The van der Waals surface area contributed by atoms with Gasteiger partial charge >= 0.3 is 0 Å². The Bertz CT molecular complexity index is 1270. The summed E-state index contributed by atoms with van der Waals surface area (Å²) in [6, 6.07) is 16.3. The smallest absolute Gasteiger partial charge is 0.282 e. The van der Waals surface area contributed by atoms with E-state index in [1.807, 2.05) is 19.1 Å². The second-order valence-corrected chi connectivity index (χ2v) is 8.31. The summed E-state index contributed by atoms with van der Waals surface area (Å²) in [6.07, 6.45) is 1.37. The summed E-state index contributed by atoms with van der Waals surface area (Å²) in [7, 11) is -3.78. The number of benzene rings is 2. The Morgan fingerprint density at radius 2 is 1.63 bits per heavy atom. The van der Waals surface area contributed by atoms with Crippen LogP contribution >= 0.6 is 0 Å². The van der Waals surface area contributed by atoms with Gasteiger partial charge in [-0.25, -0.2) is 18.6 Å². The van der Waals surface area contributed by atoms with Gasteiger partial charge in [0.1, 0.15) is 17.1 Å². The van der Waals surface area contributed by atoms with Crippen LogP contribution in [0.3, 0.4) is 0 Å². The predicted molar refractivity (Wildman–Crippen MR) is 110 cm³/mol. The molecule has 3 N–H and O–H groups in total. The van der Waals surface area contributed by atoms with Crippen molar-refractivity contribution in [1.82, 2.24) is 5.43 Å². The number of carbonyl (C=O) groups is 2. The lowest BCUT2D eigenvalue weighted by Crippen LogP contribution is -2.35. The Morgan fingerprint density at radius 3 is 2.27 bits per heavy atom. The van der Waals surface area contributed by atoms with E-state index in [0.29, 0.717) is 22.8 Å². The molecule has 0 aliphatic carbocycles. The first-order chi connectivity index (χ1) is 14.2. The highest BCUT2D eigenvalue weighted by Gasteiger charge is 2.34. The largest absolute Gasteiger partial charge is 0.457 e. The summed E-state index contributed by atoms with van der Waals surface area (Å²) in [6.45, 7) is 1.93. The summed E-state index contributed by atoms with van der Waals surface area (Å²) in [5, 5.41) is 6.28. The molecule has 3 aromatic rings. The van der Waals surface area contributed by atoms with Gasteiger partial charge in [0.2, 0.25) is 10.0 Å². The number of primary sulfonamides is 1. The molecule has 0 bridgehead atoms. The molecule has 152 valence electrons. The van der Waals surface area contributed by atoms with E-state index in [9.17, 15) is 18.0 Å². The molecule has 30 heavy (non-hydrogen) atoms. The number of aryl methyl sites for hydroxylation is 1. The number of carbonyl (C=O) groups excluding carboxylic acids is 2. The molecular formula is C21H17N3O5S. The molecule has 2 heterocycles. The van der Waals surface area contributed by atoms with Crippen molar-refractivity contribution in [2.24, 2.45) is 5.14 Å². The highest BCUT2D eigenvalue weighted by atomic mass is 32.2. The second kappa shape index (κ2) is 7.29. The number of hydrogen-bond donors (Lipinski definition) is 2. The van der Waals surface area contributed by atoms with E-state index in [1.54, 1.807) is 36.4 Å². The Hall–Kier alpha value is -3.69. The van der Waals surface area contributed by atoms with Crippen LogP contribution in [0.2, 0.25) is 0 Å². The molecule has 9 heteroatoms. The van der Waals surface area contributed by atoms with Gasteiger partial charge in [0, 0.05) is 5.56 Å². The molecule has 1 fully saturated rings. The van der Waals surface area contributed by atoms with Crippen molar-refractivity contribution in [3.63, 3.8) is 0 Å².